The van der Waals surface area contributed by atoms with Gasteiger partial charge in [0.05, 0.1) is 5.75 Å². The number of carbonyl (C=O) groups is 1. The minimum Gasteiger partial charge on any atom is -0.355 e. The summed E-state index contributed by atoms with van der Waals surface area (Å²) >= 11 is 1.17. The molecule has 1 aromatic rings. The molecule has 0 aromatic heterocycles. The van der Waals surface area contributed by atoms with Gasteiger partial charge < -0.3 is 11.1 Å². The third-order valence-corrected chi connectivity index (χ3v) is 3.21. The van der Waals surface area contributed by atoms with Crippen LogP contribution in [0.3, 0.4) is 0 Å². The molecular formula is C12H16F2N2OS. The number of amides is 1. The minimum atomic E-state index is -0.900. The fraction of sp³-hybridized carbons (Fsp3) is 0.417. The standard InChI is InChI=1S/C12H16F2N2OS/c13-10-4-3-9(7-11(10)14)18-8-12(17)16-6-2-1-5-15/h3-4,7H,1-2,5-6,8,15H2,(H,16,17). The highest BCUT2D eigenvalue weighted by Crippen LogP contribution is 2.19. The summed E-state index contributed by atoms with van der Waals surface area (Å²) in [7, 11) is 0. The quantitative estimate of drug-likeness (QED) is 0.590. The van der Waals surface area contributed by atoms with E-state index in [-0.39, 0.29) is 11.7 Å². The van der Waals surface area contributed by atoms with Gasteiger partial charge in [-0.05, 0) is 37.6 Å². The van der Waals surface area contributed by atoms with Crippen molar-refractivity contribution in [3.8, 4) is 0 Å². The number of nitrogens with one attached hydrogen (secondary N) is 1. The number of benzene rings is 1. The highest BCUT2D eigenvalue weighted by Gasteiger charge is 2.05. The molecule has 0 atom stereocenters. The zero-order valence-electron chi connectivity index (χ0n) is 9.92. The smallest absolute Gasteiger partial charge is 0.230 e. The third-order valence-electron chi connectivity index (χ3n) is 2.21. The normalized spacial score (nSPS) is 10.4. The number of thioether (sulfide) groups is 1. The number of rotatable bonds is 7. The SMILES string of the molecule is NCCCCNC(=O)CSc1ccc(F)c(F)c1. The fourth-order valence-corrected chi connectivity index (χ4v) is 2.01. The van der Waals surface area contributed by atoms with E-state index in [4.69, 9.17) is 5.73 Å². The molecule has 100 valence electrons. The Hall–Kier alpha value is -1.14. The van der Waals surface area contributed by atoms with Crippen molar-refractivity contribution in [1.29, 1.82) is 0 Å². The van der Waals surface area contributed by atoms with Crippen molar-refractivity contribution >= 4 is 17.7 Å². The van der Waals surface area contributed by atoms with Gasteiger partial charge in [0.1, 0.15) is 0 Å². The zero-order chi connectivity index (χ0) is 13.4. The van der Waals surface area contributed by atoms with Gasteiger partial charge in [-0.1, -0.05) is 0 Å². The maximum absolute atomic E-state index is 12.9. The third kappa shape index (κ3) is 5.46. The average Bonchev–Trinajstić information content (AvgIpc) is 2.36. The molecule has 0 unspecified atom stereocenters. The van der Waals surface area contributed by atoms with Crippen LogP contribution in [0.5, 0.6) is 0 Å². The van der Waals surface area contributed by atoms with Crippen molar-refractivity contribution in [3.05, 3.63) is 29.8 Å². The van der Waals surface area contributed by atoms with Crippen LogP contribution in [0.25, 0.3) is 0 Å². The van der Waals surface area contributed by atoms with Crippen molar-refractivity contribution in [1.82, 2.24) is 5.32 Å². The summed E-state index contributed by atoms with van der Waals surface area (Å²) in [6, 6.07) is 3.59. The van der Waals surface area contributed by atoms with Gasteiger partial charge in [0.15, 0.2) is 11.6 Å². The topological polar surface area (TPSA) is 55.1 Å². The molecule has 0 aliphatic rings. The molecule has 0 spiro atoms. The van der Waals surface area contributed by atoms with E-state index in [0.717, 1.165) is 25.0 Å². The van der Waals surface area contributed by atoms with Gasteiger partial charge in [-0.15, -0.1) is 11.8 Å². The van der Waals surface area contributed by atoms with Gasteiger partial charge in [-0.3, -0.25) is 4.79 Å². The van der Waals surface area contributed by atoms with Crippen LogP contribution in [0.15, 0.2) is 23.1 Å². The van der Waals surface area contributed by atoms with Crippen LogP contribution in [0.2, 0.25) is 0 Å². The Morgan fingerprint density at radius 1 is 1.28 bits per heavy atom. The molecular weight excluding hydrogens is 258 g/mol. The molecule has 6 heteroatoms. The van der Waals surface area contributed by atoms with Gasteiger partial charge in [-0.2, -0.15) is 0 Å². The van der Waals surface area contributed by atoms with E-state index in [2.05, 4.69) is 5.32 Å². The van der Waals surface area contributed by atoms with Gasteiger partial charge >= 0.3 is 0 Å². The molecule has 3 nitrogen and oxygen atoms in total. The lowest BCUT2D eigenvalue weighted by molar-refractivity contribution is -0.118. The van der Waals surface area contributed by atoms with Crippen molar-refractivity contribution in [3.63, 3.8) is 0 Å². The van der Waals surface area contributed by atoms with E-state index in [9.17, 15) is 13.6 Å². The summed E-state index contributed by atoms with van der Waals surface area (Å²) in [5, 5.41) is 2.73. The summed E-state index contributed by atoms with van der Waals surface area (Å²) in [4.78, 5) is 11.9. The molecule has 1 amide bonds. The lowest BCUT2D eigenvalue weighted by Crippen LogP contribution is -2.26. The average molecular weight is 274 g/mol. The second kappa shape index (κ2) is 8.05. The minimum absolute atomic E-state index is 0.123. The monoisotopic (exact) mass is 274 g/mol. The number of carbonyl (C=O) groups excluding carboxylic acids is 1. The van der Waals surface area contributed by atoms with Crippen LogP contribution in [0, 0.1) is 11.6 Å². The van der Waals surface area contributed by atoms with Crippen LogP contribution in [0.1, 0.15) is 12.8 Å². The molecule has 0 heterocycles. The van der Waals surface area contributed by atoms with E-state index in [1.54, 1.807) is 0 Å². The number of unbranched alkanes of at least 4 members (excludes halogenated alkanes) is 1. The molecule has 0 bridgehead atoms. The molecule has 1 rings (SSSR count). The fourth-order valence-electron chi connectivity index (χ4n) is 1.26. The number of halogens is 2. The second-order valence-electron chi connectivity index (χ2n) is 3.71. The molecule has 3 N–H and O–H groups in total. The molecule has 0 aliphatic heterocycles. The Labute approximate surface area is 109 Å². The lowest BCUT2D eigenvalue weighted by Gasteiger charge is -2.05. The first-order valence-electron chi connectivity index (χ1n) is 5.68. The summed E-state index contributed by atoms with van der Waals surface area (Å²) in [6.45, 7) is 1.20. The summed E-state index contributed by atoms with van der Waals surface area (Å²) in [5.74, 6) is -1.72. The Balaban J connectivity index is 2.27. The van der Waals surface area contributed by atoms with Gasteiger partial charge in [0, 0.05) is 11.4 Å². The Bertz CT molecular complexity index is 402. The van der Waals surface area contributed by atoms with E-state index in [1.165, 1.54) is 17.8 Å². The number of hydrogen-bond acceptors (Lipinski definition) is 3. The van der Waals surface area contributed by atoms with Gasteiger partial charge in [0.2, 0.25) is 5.91 Å². The van der Waals surface area contributed by atoms with E-state index in [1.807, 2.05) is 0 Å². The second-order valence-corrected chi connectivity index (χ2v) is 4.76. The highest BCUT2D eigenvalue weighted by molar-refractivity contribution is 8.00. The highest BCUT2D eigenvalue weighted by atomic mass is 32.2. The Morgan fingerprint density at radius 3 is 2.72 bits per heavy atom. The lowest BCUT2D eigenvalue weighted by atomic mass is 10.3. The van der Waals surface area contributed by atoms with Crippen LogP contribution in [-0.2, 0) is 4.79 Å². The first-order valence-corrected chi connectivity index (χ1v) is 6.66. The summed E-state index contributed by atoms with van der Waals surface area (Å²) in [6.07, 6.45) is 1.72. The van der Waals surface area contributed by atoms with E-state index < -0.39 is 11.6 Å². The Kier molecular flexibility index (Phi) is 6.67. The number of hydrogen-bond donors (Lipinski definition) is 2. The maximum atomic E-state index is 12.9. The first kappa shape index (κ1) is 14.9. The molecule has 18 heavy (non-hydrogen) atoms. The molecule has 0 saturated heterocycles. The first-order chi connectivity index (χ1) is 8.63. The van der Waals surface area contributed by atoms with Crippen molar-refractivity contribution in [2.45, 2.75) is 17.7 Å². The predicted octanol–water partition coefficient (Wildman–Crippen LogP) is 1.91. The summed E-state index contributed by atoms with van der Waals surface area (Å²) < 4.78 is 25.6. The van der Waals surface area contributed by atoms with Crippen LogP contribution >= 0.6 is 11.8 Å². The predicted molar refractivity (Wildman–Crippen MR) is 68.4 cm³/mol. The van der Waals surface area contributed by atoms with Crippen molar-refractivity contribution in [2.24, 2.45) is 5.73 Å². The van der Waals surface area contributed by atoms with Crippen LogP contribution < -0.4 is 11.1 Å². The Morgan fingerprint density at radius 2 is 2.06 bits per heavy atom. The summed E-state index contributed by atoms with van der Waals surface area (Å²) in [5.41, 5.74) is 5.32. The van der Waals surface area contributed by atoms with E-state index in [0.29, 0.717) is 18.0 Å². The molecule has 1 aromatic carbocycles. The van der Waals surface area contributed by atoms with Crippen LogP contribution in [-0.4, -0.2) is 24.7 Å². The van der Waals surface area contributed by atoms with Crippen molar-refractivity contribution in [2.75, 3.05) is 18.8 Å². The molecule has 0 aliphatic carbocycles. The van der Waals surface area contributed by atoms with Gasteiger partial charge in [0.25, 0.3) is 0 Å². The number of nitrogens with two attached hydrogens (primary N) is 1. The van der Waals surface area contributed by atoms with E-state index >= 15 is 0 Å². The van der Waals surface area contributed by atoms with Crippen LogP contribution in [0.4, 0.5) is 8.78 Å². The molecule has 0 fully saturated rings. The molecule has 0 radical (unpaired) electrons. The molecule has 0 saturated carbocycles. The maximum Gasteiger partial charge on any atom is 0.230 e. The van der Waals surface area contributed by atoms with Crippen molar-refractivity contribution < 1.29 is 13.6 Å². The van der Waals surface area contributed by atoms with Gasteiger partial charge in [-0.25, -0.2) is 8.78 Å². The largest absolute Gasteiger partial charge is 0.355 e. The zero-order valence-corrected chi connectivity index (χ0v) is 10.7.